The Balaban J connectivity index is 1.84. The number of carbonyl (C=O) groups excluding carboxylic acids is 2. The minimum absolute atomic E-state index is 0.0692. The summed E-state index contributed by atoms with van der Waals surface area (Å²) < 4.78 is 1.55. The Morgan fingerprint density at radius 1 is 0.875 bits per heavy atom. The van der Waals surface area contributed by atoms with Gasteiger partial charge in [0.1, 0.15) is 5.82 Å². The monoisotopic (exact) mass is 458 g/mol. The molecule has 6 heteroatoms. The third-order valence-corrected chi connectivity index (χ3v) is 6.00. The van der Waals surface area contributed by atoms with Gasteiger partial charge >= 0.3 is 0 Å². The number of rotatable bonds is 3. The number of hydrogen-bond acceptors (Lipinski definition) is 3. The van der Waals surface area contributed by atoms with Crippen LogP contribution in [-0.2, 0) is 0 Å². The first kappa shape index (κ1) is 20.4. The summed E-state index contributed by atoms with van der Waals surface area (Å²) in [6.07, 6.45) is 0. The molecule has 0 atom stereocenters. The number of benzene rings is 4. The molecule has 1 aromatic heterocycles. The van der Waals surface area contributed by atoms with Crippen LogP contribution in [0.4, 0.5) is 0 Å². The summed E-state index contributed by atoms with van der Waals surface area (Å²) in [5, 5.41) is 2.70. The number of nitrogens with zero attached hydrogens (tertiary/aromatic N) is 2. The largest absolute Gasteiger partial charge is 0.295 e. The second-order valence-corrected chi connectivity index (χ2v) is 8.33. The summed E-state index contributed by atoms with van der Waals surface area (Å²) in [6, 6.07) is 23.7. The van der Waals surface area contributed by atoms with Crippen LogP contribution in [0.15, 0.2) is 78.9 Å². The maximum Gasteiger partial charge on any atom is 0.265 e. The Morgan fingerprint density at radius 2 is 1.66 bits per heavy atom. The Bertz CT molecular complexity index is 1550. The Morgan fingerprint density at radius 3 is 2.44 bits per heavy atom. The van der Waals surface area contributed by atoms with Gasteiger partial charge < -0.3 is 0 Å². The van der Waals surface area contributed by atoms with Gasteiger partial charge in [-0.2, -0.15) is 0 Å². The molecule has 32 heavy (non-hydrogen) atoms. The summed E-state index contributed by atoms with van der Waals surface area (Å²) >= 11 is 12.4. The molecular formula is C26H16Cl2N2O2. The van der Waals surface area contributed by atoms with Crippen LogP contribution in [0.2, 0.25) is 10.0 Å². The van der Waals surface area contributed by atoms with Crippen molar-refractivity contribution in [2.75, 3.05) is 0 Å². The van der Waals surface area contributed by atoms with Gasteiger partial charge in [0.25, 0.3) is 5.91 Å². The lowest BCUT2D eigenvalue weighted by molar-refractivity contribution is 0.0965. The highest BCUT2D eigenvalue weighted by Crippen LogP contribution is 2.33. The predicted octanol–water partition coefficient (Wildman–Crippen LogP) is 7.05. The van der Waals surface area contributed by atoms with E-state index in [4.69, 9.17) is 28.2 Å². The minimum atomic E-state index is -0.326. The van der Waals surface area contributed by atoms with Gasteiger partial charge in [-0.15, -0.1) is 0 Å². The van der Waals surface area contributed by atoms with E-state index in [-0.39, 0.29) is 16.7 Å². The standard InChI is InChI=1S/C26H16Cl2N2O2/c1-15(31)17-9-12-24-23(13-17)29-25(20-8-4-6-16-5-2-3-7-19(16)20)30(24)26(32)21-11-10-18(27)14-22(21)28/h2-14H,1H3. The van der Waals surface area contributed by atoms with E-state index in [1.807, 2.05) is 42.5 Å². The first-order chi connectivity index (χ1) is 15.4. The van der Waals surface area contributed by atoms with Crippen molar-refractivity contribution in [1.29, 1.82) is 0 Å². The first-order valence-corrected chi connectivity index (χ1v) is 10.7. The average molecular weight is 459 g/mol. The number of hydrogen-bond donors (Lipinski definition) is 0. The fourth-order valence-electron chi connectivity index (χ4n) is 3.89. The van der Waals surface area contributed by atoms with Gasteiger partial charge in [0.05, 0.1) is 21.6 Å². The van der Waals surface area contributed by atoms with Crippen molar-refractivity contribution in [2.24, 2.45) is 0 Å². The zero-order valence-electron chi connectivity index (χ0n) is 17.0. The lowest BCUT2D eigenvalue weighted by atomic mass is 10.0. The van der Waals surface area contributed by atoms with Crippen LogP contribution in [0.25, 0.3) is 33.2 Å². The molecule has 0 saturated carbocycles. The van der Waals surface area contributed by atoms with Crippen molar-refractivity contribution < 1.29 is 9.59 Å². The molecule has 5 aromatic rings. The molecule has 0 spiro atoms. The average Bonchev–Trinajstić information content (AvgIpc) is 3.16. The van der Waals surface area contributed by atoms with Crippen molar-refractivity contribution in [1.82, 2.24) is 9.55 Å². The normalized spacial score (nSPS) is 11.2. The van der Waals surface area contributed by atoms with Crippen molar-refractivity contribution in [3.63, 3.8) is 0 Å². The van der Waals surface area contributed by atoms with Crippen LogP contribution < -0.4 is 0 Å². The van der Waals surface area contributed by atoms with E-state index in [0.717, 1.165) is 16.3 Å². The fraction of sp³-hybridized carbons (Fsp3) is 0.0385. The summed E-state index contributed by atoms with van der Waals surface area (Å²) in [5.41, 5.74) is 2.80. The molecule has 0 aliphatic carbocycles. The van der Waals surface area contributed by atoms with Gasteiger partial charge in [-0.3, -0.25) is 14.2 Å². The lowest BCUT2D eigenvalue weighted by Gasteiger charge is -2.11. The van der Waals surface area contributed by atoms with E-state index < -0.39 is 0 Å². The van der Waals surface area contributed by atoms with Crippen LogP contribution in [0.5, 0.6) is 0 Å². The van der Waals surface area contributed by atoms with Crippen molar-refractivity contribution in [2.45, 2.75) is 6.92 Å². The third kappa shape index (κ3) is 3.38. The molecule has 0 aliphatic rings. The van der Waals surface area contributed by atoms with E-state index in [1.54, 1.807) is 41.0 Å². The maximum atomic E-state index is 13.7. The molecule has 156 valence electrons. The molecule has 4 aromatic carbocycles. The zero-order valence-corrected chi connectivity index (χ0v) is 18.5. The smallest absolute Gasteiger partial charge is 0.265 e. The molecule has 1 heterocycles. The molecule has 0 fully saturated rings. The Hall–Kier alpha value is -3.47. The topological polar surface area (TPSA) is 52.0 Å². The summed E-state index contributed by atoms with van der Waals surface area (Å²) in [5.74, 6) is 0.0847. The number of aromatic nitrogens is 2. The number of fused-ring (bicyclic) bond motifs is 2. The van der Waals surface area contributed by atoms with E-state index in [2.05, 4.69) is 0 Å². The highest BCUT2D eigenvalue weighted by Gasteiger charge is 2.23. The quantitative estimate of drug-likeness (QED) is 0.272. The van der Waals surface area contributed by atoms with Crippen LogP contribution in [0.1, 0.15) is 27.6 Å². The van der Waals surface area contributed by atoms with E-state index in [9.17, 15) is 9.59 Å². The molecule has 4 nitrogen and oxygen atoms in total. The molecule has 0 amide bonds. The predicted molar refractivity (Wildman–Crippen MR) is 129 cm³/mol. The molecular weight excluding hydrogens is 443 g/mol. The Labute approximate surface area is 194 Å². The second-order valence-electron chi connectivity index (χ2n) is 7.49. The number of ketones is 1. The highest BCUT2D eigenvalue weighted by atomic mass is 35.5. The van der Waals surface area contributed by atoms with Crippen molar-refractivity contribution in [3.8, 4) is 11.4 Å². The van der Waals surface area contributed by atoms with Crippen LogP contribution in [-0.4, -0.2) is 21.2 Å². The fourth-order valence-corrected chi connectivity index (χ4v) is 4.38. The van der Waals surface area contributed by atoms with Crippen LogP contribution in [0.3, 0.4) is 0 Å². The van der Waals surface area contributed by atoms with Gasteiger partial charge in [0, 0.05) is 16.1 Å². The Kier molecular flexibility index (Phi) is 5.04. The number of halogens is 2. The molecule has 0 saturated heterocycles. The van der Waals surface area contributed by atoms with E-state index in [1.165, 1.54) is 6.92 Å². The van der Waals surface area contributed by atoms with Gasteiger partial charge in [-0.1, -0.05) is 65.7 Å². The number of Topliss-reactive ketones (excluding diaryl/α,β-unsaturated/α-hetero) is 1. The minimum Gasteiger partial charge on any atom is -0.295 e. The molecule has 0 unspecified atom stereocenters. The molecule has 0 bridgehead atoms. The second kappa shape index (κ2) is 7.90. The molecule has 0 radical (unpaired) electrons. The maximum absolute atomic E-state index is 13.7. The summed E-state index contributed by atoms with van der Waals surface area (Å²) in [6.45, 7) is 1.50. The lowest BCUT2D eigenvalue weighted by Crippen LogP contribution is -2.14. The van der Waals surface area contributed by atoms with E-state index in [0.29, 0.717) is 33.0 Å². The summed E-state index contributed by atoms with van der Waals surface area (Å²) in [7, 11) is 0. The van der Waals surface area contributed by atoms with Crippen LogP contribution >= 0.6 is 23.2 Å². The van der Waals surface area contributed by atoms with Crippen LogP contribution in [0, 0.1) is 0 Å². The van der Waals surface area contributed by atoms with E-state index >= 15 is 0 Å². The van der Waals surface area contributed by atoms with Gasteiger partial charge in [-0.25, -0.2) is 4.98 Å². The van der Waals surface area contributed by atoms with Gasteiger partial charge in [-0.05, 0) is 54.1 Å². The molecule has 0 N–H and O–H groups in total. The van der Waals surface area contributed by atoms with Gasteiger partial charge in [0.15, 0.2) is 5.78 Å². The molecule has 5 rings (SSSR count). The number of imidazole rings is 1. The highest BCUT2D eigenvalue weighted by molar-refractivity contribution is 6.37. The summed E-state index contributed by atoms with van der Waals surface area (Å²) in [4.78, 5) is 30.4. The number of carbonyl (C=O) groups is 2. The first-order valence-electron chi connectivity index (χ1n) is 9.95. The van der Waals surface area contributed by atoms with Gasteiger partial charge in [0.2, 0.25) is 0 Å². The molecule has 0 aliphatic heterocycles. The van der Waals surface area contributed by atoms with Crippen molar-refractivity contribution in [3.05, 3.63) is 100 Å². The van der Waals surface area contributed by atoms with Crippen molar-refractivity contribution >= 4 is 56.7 Å². The zero-order chi connectivity index (χ0) is 22.4. The SMILES string of the molecule is CC(=O)c1ccc2c(c1)nc(-c1cccc3ccccc13)n2C(=O)c1ccc(Cl)cc1Cl. The third-order valence-electron chi connectivity index (χ3n) is 5.46.